The van der Waals surface area contributed by atoms with Gasteiger partial charge in [0.15, 0.2) is 11.2 Å². The van der Waals surface area contributed by atoms with Crippen LogP contribution in [0.1, 0.15) is 24.2 Å². The monoisotopic (exact) mass is 436 g/mol. The van der Waals surface area contributed by atoms with Crippen LogP contribution in [-0.4, -0.2) is 39.5 Å². The van der Waals surface area contributed by atoms with Crippen LogP contribution in [0, 0.1) is 0 Å². The van der Waals surface area contributed by atoms with Crippen LogP contribution in [-0.2, 0) is 9.53 Å². The molecule has 8 nitrogen and oxygen atoms in total. The van der Waals surface area contributed by atoms with E-state index in [0.717, 1.165) is 21.5 Å². The van der Waals surface area contributed by atoms with Crippen LogP contribution in [0.3, 0.4) is 0 Å². The highest BCUT2D eigenvalue weighted by molar-refractivity contribution is 7.22. The molecule has 1 unspecified atom stereocenters. The summed E-state index contributed by atoms with van der Waals surface area (Å²) in [5, 5.41) is 3.14. The number of thiazole rings is 1. The lowest BCUT2D eigenvalue weighted by Gasteiger charge is -2.12. The number of carbonyl (C=O) groups excluding carboxylic acids is 2. The molecule has 1 atom stereocenters. The molecule has 2 N–H and O–H groups in total. The zero-order valence-electron chi connectivity index (χ0n) is 16.9. The number of benzene rings is 2. The Bertz CT molecular complexity index is 1200. The third-order valence-corrected chi connectivity index (χ3v) is 5.38. The average Bonchev–Trinajstić information content (AvgIpc) is 3.43. The number of H-pyrrole nitrogens is 1. The van der Waals surface area contributed by atoms with E-state index in [2.05, 4.69) is 20.3 Å². The number of imidazole rings is 1. The Morgan fingerprint density at radius 2 is 2.00 bits per heavy atom. The molecular weight excluding hydrogens is 416 g/mol. The summed E-state index contributed by atoms with van der Waals surface area (Å²) in [5.41, 5.74) is 1.94. The molecule has 0 aliphatic rings. The number of fused-ring (bicyclic) bond motifs is 1. The first-order valence-corrected chi connectivity index (χ1v) is 10.5. The molecule has 4 aromatic rings. The number of aromatic nitrogens is 3. The van der Waals surface area contributed by atoms with Gasteiger partial charge in [-0.15, -0.1) is 0 Å². The summed E-state index contributed by atoms with van der Waals surface area (Å²) in [6, 6.07) is 12.3. The van der Waals surface area contributed by atoms with Gasteiger partial charge in [-0.2, -0.15) is 0 Å². The molecular formula is C22H20N4O4S. The fourth-order valence-electron chi connectivity index (χ4n) is 2.89. The summed E-state index contributed by atoms with van der Waals surface area (Å²) in [6.07, 6.45) is 2.39. The molecule has 0 saturated heterocycles. The second-order valence-electron chi connectivity index (χ2n) is 6.63. The van der Waals surface area contributed by atoms with Crippen LogP contribution in [0.5, 0.6) is 5.75 Å². The molecule has 2 aromatic heterocycles. The van der Waals surface area contributed by atoms with Crippen molar-refractivity contribution >= 4 is 38.6 Å². The van der Waals surface area contributed by atoms with Crippen molar-refractivity contribution in [3.63, 3.8) is 0 Å². The highest BCUT2D eigenvalue weighted by Gasteiger charge is 2.20. The Balaban J connectivity index is 1.38. The number of carbonyl (C=O) groups is 2. The summed E-state index contributed by atoms with van der Waals surface area (Å²) in [5.74, 6) is 0.415. The quantitative estimate of drug-likeness (QED) is 0.419. The smallest absolute Gasteiger partial charge is 0.338 e. The molecule has 31 heavy (non-hydrogen) atoms. The van der Waals surface area contributed by atoms with Crippen LogP contribution in [0.25, 0.3) is 21.6 Å². The van der Waals surface area contributed by atoms with Gasteiger partial charge >= 0.3 is 5.97 Å². The van der Waals surface area contributed by atoms with Gasteiger partial charge in [0.2, 0.25) is 0 Å². The van der Waals surface area contributed by atoms with Crippen molar-refractivity contribution in [2.75, 3.05) is 11.9 Å². The third-order valence-electron chi connectivity index (χ3n) is 4.45. The molecule has 158 valence electrons. The number of nitrogens with zero attached hydrogens (tertiary/aromatic N) is 2. The normalized spacial score (nSPS) is 11.8. The minimum atomic E-state index is -0.983. The van der Waals surface area contributed by atoms with E-state index < -0.39 is 18.0 Å². The molecule has 0 aliphatic heterocycles. The number of esters is 1. The Kier molecular flexibility index (Phi) is 5.94. The highest BCUT2D eigenvalue weighted by atomic mass is 32.1. The summed E-state index contributed by atoms with van der Waals surface area (Å²) < 4.78 is 11.7. The predicted octanol–water partition coefficient (Wildman–Crippen LogP) is 4.27. The van der Waals surface area contributed by atoms with Gasteiger partial charge < -0.3 is 14.5 Å². The maximum atomic E-state index is 12.5. The maximum Gasteiger partial charge on any atom is 0.338 e. The number of hydrogen-bond acceptors (Lipinski definition) is 7. The van der Waals surface area contributed by atoms with E-state index in [1.165, 1.54) is 18.3 Å². The zero-order valence-corrected chi connectivity index (χ0v) is 17.7. The summed E-state index contributed by atoms with van der Waals surface area (Å²) in [7, 11) is 0. The van der Waals surface area contributed by atoms with E-state index in [-0.39, 0.29) is 0 Å². The lowest BCUT2D eigenvalue weighted by molar-refractivity contribution is -0.123. The molecule has 2 heterocycles. The van der Waals surface area contributed by atoms with Gasteiger partial charge in [0.05, 0.1) is 22.4 Å². The fraction of sp³-hybridized carbons (Fsp3) is 0.182. The standard InChI is InChI=1S/C22H20N4O4S/c1-3-29-16-8-9-17-18(12-16)31-22(25-17)26-20(27)13(2)30-21(28)15-6-4-14(5-7-15)19-23-10-11-24-19/h4-13H,3H2,1-2H3,(H,23,24)(H,25,26,27). The molecule has 0 radical (unpaired) electrons. The Morgan fingerprint density at radius 1 is 1.19 bits per heavy atom. The van der Waals surface area contributed by atoms with E-state index >= 15 is 0 Å². The van der Waals surface area contributed by atoms with Gasteiger partial charge in [0.1, 0.15) is 11.6 Å². The number of aromatic amines is 1. The highest BCUT2D eigenvalue weighted by Crippen LogP contribution is 2.29. The topological polar surface area (TPSA) is 106 Å². The van der Waals surface area contributed by atoms with Crippen molar-refractivity contribution in [1.82, 2.24) is 15.0 Å². The number of nitrogens with one attached hydrogen (secondary N) is 2. The molecule has 0 aliphatic carbocycles. The largest absolute Gasteiger partial charge is 0.494 e. The average molecular weight is 436 g/mol. The third kappa shape index (κ3) is 4.72. The molecule has 0 bridgehead atoms. The van der Waals surface area contributed by atoms with Gasteiger partial charge in [-0.3, -0.25) is 10.1 Å². The molecule has 1 amide bonds. The number of amides is 1. The van der Waals surface area contributed by atoms with E-state index in [0.29, 0.717) is 23.1 Å². The zero-order chi connectivity index (χ0) is 21.8. The van der Waals surface area contributed by atoms with Gasteiger partial charge in [-0.25, -0.2) is 14.8 Å². The first kappa shape index (κ1) is 20.5. The van der Waals surface area contributed by atoms with Crippen molar-refractivity contribution in [1.29, 1.82) is 0 Å². The van der Waals surface area contributed by atoms with E-state index in [4.69, 9.17) is 9.47 Å². The SMILES string of the molecule is CCOc1ccc2nc(NC(=O)C(C)OC(=O)c3ccc(-c4ncc[nH]4)cc3)sc2c1. The lowest BCUT2D eigenvalue weighted by Crippen LogP contribution is -2.29. The number of anilines is 1. The maximum absolute atomic E-state index is 12.5. The van der Waals surface area contributed by atoms with Gasteiger partial charge in [-0.1, -0.05) is 23.5 Å². The Hall–Kier alpha value is -3.72. The summed E-state index contributed by atoms with van der Waals surface area (Å²) in [4.78, 5) is 36.4. The summed E-state index contributed by atoms with van der Waals surface area (Å²) >= 11 is 1.33. The van der Waals surface area contributed by atoms with Crippen LogP contribution in [0.2, 0.25) is 0 Å². The molecule has 0 saturated carbocycles. The first-order valence-electron chi connectivity index (χ1n) is 9.68. The van der Waals surface area contributed by atoms with Crippen molar-refractivity contribution in [3.05, 3.63) is 60.4 Å². The number of rotatable bonds is 7. The van der Waals surface area contributed by atoms with Crippen LogP contribution in [0.15, 0.2) is 54.9 Å². The number of ether oxygens (including phenoxy) is 2. The lowest BCUT2D eigenvalue weighted by atomic mass is 10.1. The minimum Gasteiger partial charge on any atom is -0.494 e. The van der Waals surface area contributed by atoms with Crippen LogP contribution < -0.4 is 10.1 Å². The predicted molar refractivity (Wildman–Crippen MR) is 118 cm³/mol. The minimum absolute atomic E-state index is 0.346. The first-order chi connectivity index (χ1) is 15.0. The van der Waals surface area contributed by atoms with Gasteiger partial charge in [0.25, 0.3) is 5.91 Å². The van der Waals surface area contributed by atoms with E-state index in [1.807, 2.05) is 25.1 Å². The van der Waals surface area contributed by atoms with E-state index in [9.17, 15) is 9.59 Å². The molecule has 4 rings (SSSR count). The molecule has 9 heteroatoms. The van der Waals surface area contributed by atoms with Crippen molar-refractivity contribution in [3.8, 4) is 17.1 Å². The van der Waals surface area contributed by atoms with Crippen LogP contribution in [0.4, 0.5) is 5.13 Å². The molecule has 0 spiro atoms. The Labute approximate surface area is 182 Å². The molecule has 0 fully saturated rings. The van der Waals surface area contributed by atoms with Crippen molar-refractivity contribution < 1.29 is 19.1 Å². The van der Waals surface area contributed by atoms with Gasteiger partial charge in [0, 0.05) is 18.0 Å². The summed E-state index contributed by atoms with van der Waals surface area (Å²) in [6.45, 7) is 4.01. The Morgan fingerprint density at radius 3 is 2.71 bits per heavy atom. The van der Waals surface area contributed by atoms with Crippen molar-refractivity contribution in [2.24, 2.45) is 0 Å². The fourth-order valence-corrected chi connectivity index (χ4v) is 3.79. The molecule has 2 aromatic carbocycles. The van der Waals surface area contributed by atoms with Gasteiger partial charge in [-0.05, 0) is 44.2 Å². The van der Waals surface area contributed by atoms with Crippen molar-refractivity contribution in [2.45, 2.75) is 20.0 Å². The van der Waals surface area contributed by atoms with Crippen LogP contribution >= 0.6 is 11.3 Å². The number of hydrogen-bond donors (Lipinski definition) is 2. The van der Waals surface area contributed by atoms with E-state index in [1.54, 1.807) is 36.7 Å². The second-order valence-corrected chi connectivity index (χ2v) is 7.66. The second kappa shape index (κ2) is 8.97.